The second-order valence-corrected chi connectivity index (χ2v) is 8.44. The van der Waals surface area contributed by atoms with E-state index in [1.54, 1.807) is 16.8 Å². The highest BCUT2D eigenvalue weighted by molar-refractivity contribution is 7.71. The Hall–Kier alpha value is -3.07. The van der Waals surface area contributed by atoms with Crippen LogP contribution in [0.25, 0.3) is 11.4 Å². The van der Waals surface area contributed by atoms with Crippen molar-refractivity contribution in [3.63, 3.8) is 0 Å². The number of hydrogen-bond donors (Lipinski definition) is 2. The Balaban J connectivity index is 1.54. The first-order valence-electron chi connectivity index (χ1n) is 10.4. The maximum Gasteiger partial charge on any atom is 0.214 e. The topological polar surface area (TPSA) is 64.1 Å². The molecule has 1 heterocycles. The summed E-state index contributed by atoms with van der Waals surface area (Å²) in [5.41, 5.74) is 5.60. The van der Waals surface area contributed by atoms with Crippen LogP contribution in [0.1, 0.15) is 18.1 Å². The standard InChI is InChI=1S/C24H21Cl2FN4O2S/c1-2-32-21-10-17(13-28-31-23(29-30-24(31)34)15-6-4-3-5-7-15)20(26)12-22(21)33-14-16-8-9-18(27)11-19(16)25/h3-12,28H,2,13-14H2,1H3,(H,30,34). The predicted octanol–water partition coefficient (Wildman–Crippen LogP) is 6.77. The number of benzene rings is 3. The van der Waals surface area contributed by atoms with Gasteiger partial charge in [0, 0.05) is 22.2 Å². The van der Waals surface area contributed by atoms with Gasteiger partial charge in [0.15, 0.2) is 17.3 Å². The lowest BCUT2D eigenvalue weighted by molar-refractivity contribution is 0.269. The number of halogens is 3. The molecule has 3 aromatic carbocycles. The van der Waals surface area contributed by atoms with E-state index in [-0.39, 0.29) is 11.6 Å². The van der Waals surface area contributed by atoms with E-state index >= 15 is 0 Å². The summed E-state index contributed by atoms with van der Waals surface area (Å²) in [4.78, 5) is 0. The van der Waals surface area contributed by atoms with Crippen molar-refractivity contribution in [2.75, 3.05) is 12.0 Å². The van der Waals surface area contributed by atoms with E-state index in [4.69, 9.17) is 44.9 Å². The van der Waals surface area contributed by atoms with E-state index < -0.39 is 5.82 Å². The summed E-state index contributed by atoms with van der Waals surface area (Å²) in [7, 11) is 0. The van der Waals surface area contributed by atoms with Gasteiger partial charge in [-0.1, -0.05) is 59.6 Å². The Morgan fingerprint density at radius 2 is 1.74 bits per heavy atom. The molecule has 0 atom stereocenters. The van der Waals surface area contributed by atoms with Crippen LogP contribution in [0.4, 0.5) is 4.39 Å². The van der Waals surface area contributed by atoms with E-state index in [0.29, 0.717) is 45.8 Å². The second-order valence-electron chi connectivity index (χ2n) is 7.24. The van der Waals surface area contributed by atoms with Gasteiger partial charge >= 0.3 is 0 Å². The maximum absolute atomic E-state index is 13.3. The molecule has 10 heteroatoms. The molecule has 0 unspecified atom stereocenters. The number of rotatable bonds is 9. The van der Waals surface area contributed by atoms with Gasteiger partial charge in [-0.3, -0.25) is 0 Å². The molecule has 0 spiro atoms. The van der Waals surface area contributed by atoms with Crippen molar-refractivity contribution in [1.29, 1.82) is 0 Å². The molecule has 0 saturated heterocycles. The Bertz CT molecular complexity index is 1340. The minimum atomic E-state index is -0.406. The van der Waals surface area contributed by atoms with Gasteiger partial charge in [0.25, 0.3) is 0 Å². The Kier molecular flexibility index (Phi) is 7.72. The summed E-state index contributed by atoms with van der Waals surface area (Å²) in [6.07, 6.45) is 0. The quantitative estimate of drug-likeness (QED) is 0.239. The summed E-state index contributed by atoms with van der Waals surface area (Å²) in [6, 6.07) is 17.4. The van der Waals surface area contributed by atoms with Crippen molar-refractivity contribution in [1.82, 2.24) is 14.9 Å². The minimum absolute atomic E-state index is 0.137. The first kappa shape index (κ1) is 24.1. The number of H-pyrrole nitrogens is 1. The molecule has 1 aromatic heterocycles. The molecule has 0 aliphatic carbocycles. The molecule has 176 valence electrons. The van der Waals surface area contributed by atoms with Crippen molar-refractivity contribution < 1.29 is 13.9 Å². The molecule has 34 heavy (non-hydrogen) atoms. The molecular weight excluding hydrogens is 498 g/mol. The highest BCUT2D eigenvalue weighted by Gasteiger charge is 2.14. The summed E-state index contributed by atoms with van der Waals surface area (Å²) in [5.74, 6) is 1.24. The minimum Gasteiger partial charge on any atom is -0.490 e. The molecule has 0 fully saturated rings. The highest BCUT2D eigenvalue weighted by Crippen LogP contribution is 2.35. The van der Waals surface area contributed by atoms with E-state index in [9.17, 15) is 4.39 Å². The molecule has 0 saturated carbocycles. The monoisotopic (exact) mass is 518 g/mol. The zero-order chi connectivity index (χ0) is 24.1. The second kappa shape index (κ2) is 10.9. The maximum atomic E-state index is 13.3. The van der Waals surface area contributed by atoms with Crippen LogP contribution in [-0.4, -0.2) is 21.5 Å². The van der Waals surface area contributed by atoms with Crippen LogP contribution in [0.5, 0.6) is 11.5 Å². The molecule has 0 bridgehead atoms. The van der Waals surface area contributed by atoms with Crippen LogP contribution in [0, 0.1) is 10.6 Å². The Morgan fingerprint density at radius 3 is 2.47 bits per heavy atom. The molecule has 6 nitrogen and oxygen atoms in total. The lowest BCUT2D eigenvalue weighted by Gasteiger charge is -2.16. The number of aromatic amines is 1. The molecule has 0 aliphatic heterocycles. The predicted molar refractivity (Wildman–Crippen MR) is 134 cm³/mol. The van der Waals surface area contributed by atoms with Crippen molar-refractivity contribution in [2.45, 2.75) is 20.1 Å². The normalized spacial score (nSPS) is 10.8. The fraction of sp³-hybridized carbons (Fsp3) is 0.167. The van der Waals surface area contributed by atoms with Crippen LogP contribution in [-0.2, 0) is 13.2 Å². The molecule has 4 aromatic rings. The van der Waals surface area contributed by atoms with E-state index in [1.807, 2.05) is 43.3 Å². The SMILES string of the molecule is CCOc1cc(CNn2c(-c3ccccc3)n[nH]c2=S)c(Cl)cc1OCc1ccc(F)cc1Cl. The van der Waals surface area contributed by atoms with Crippen LogP contribution >= 0.6 is 35.4 Å². The molecule has 4 rings (SSSR count). The van der Waals surface area contributed by atoms with Crippen LogP contribution in [0.15, 0.2) is 60.7 Å². The summed E-state index contributed by atoms with van der Waals surface area (Å²) in [6.45, 7) is 2.81. The van der Waals surface area contributed by atoms with E-state index in [2.05, 4.69) is 15.6 Å². The molecule has 0 amide bonds. The van der Waals surface area contributed by atoms with Gasteiger partial charge in [0.05, 0.1) is 18.2 Å². The van der Waals surface area contributed by atoms with Crippen molar-refractivity contribution in [3.8, 4) is 22.9 Å². The van der Waals surface area contributed by atoms with Gasteiger partial charge in [-0.25, -0.2) is 14.2 Å². The zero-order valence-electron chi connectivity index (χ0n) is 18.1. The molecular formula is C24H21Cl2FN4O2S. The summed E-state index contributed by atoms with van der Waals surface area (Å²) < 4.78 is 27.1. The summed E-state index contributed by atoms with van der Waals surface area (Å²) in [5, 5.41) is 7.89. The Morgan fingerprint density at radius 1 is 1.00 bits per heavy atom. The lowest BCUT2D eigenvalue weighted by atomic mass is 10.2. The number of nitrogens with one attached hydrogen (secondary N) is 2. The zero-order valence-corrected chi connectivity index (χ0v) is 20.5. The van der Waals surface area contributed by atoms with Gasteiger partial charge in [-0.05, 0) is 42.9 Å². The van der Waals surface area contributed by atoms with Gasteiger partial charge in [0.1, 0.15) is 12.4 Å². The van der Waals surface area contributed by atoms with E-state index in [0.717, 1.165) is 11.1 Å². The van der Waals surface area contributed by atoms with Gasteiger partial charge in [-0.15, -0.1) is 0 Å². The third-order valence-corrected chi connectivity index (χ3v) is 5.92. The van der Waals surface area contributed by atoms with Crippen LogP contribution in [0.2, 0.25) is 10.0 Å². The van der Waals surface area contributed by atoms with Gasteiger partial charge in [-0.2, -0.15) is 5.10 Å². The average molecular weight is 519 g/mol. The fourth-order valence-electron chi connectivity index (χ4n) is 3.28. The van der Waals surface area contributed by atoms with Crippen molar-refractivity contribution in [2.24, 2.45) is 0 Å². The third kappa shape index (κ3) is 5.52. The van der Waals surface area contributed by atoms with E-state index in [1.165, 1.54) is 12.1 Å². The van der Waals surface area contributed by atoms with Crippen LogP contribution < -0.4 is 14.9 Å². The fourth-order valence-corrected chi connectivity index (χ4v) is 3.92. The number of nitrogens with zero attached hydrogens (tertiary/aromatic N) is 2. The molecule has 0 aliphatic rings. The molecule has 0 radical (unpaired) electrons. The lowest BCUT2D eigenvalue weighted by Crippen LogP contribution is -2.16. The molecule has 2 N–H and O–H groups in total. The van der Waals surface area contributed by atoms with Crippen molar-refractivity contribution >= 4 is 35.4 Å². The Labute approximate surface area is 211 Å². The number of aromatic nitrogens is 3. The third-order valence-electron chi connectivity index (χ3n) is 4.94. The first-order valence-corrected chi connectivity index (χ1v) is 11.6. The number of ether oxygens (including phenoxy) is 2. The van der Waals surface area contributed by atoms with Gasteiger partial charge < -0.3 is 14.9 Å². The smallest absolute Gasteiger partial charge is 0.214 e. The van der Waals surface area contributed by atoms with Crippen LogP contribution in [0.3, 0.4) is 0 Å². The largest absolute Gasteiger partial charge is 0.490 e. The summed E-state index contributed by atoms with van der Waals surface area (Å²) >= 11 is 18.1. The van der Waals surface area contributed by atoms with Crippen molar-refractivity contribution in [3.05, 3.63) is 92.4 Å². The highest BCUT2D eigenvalue weighted by atomic mass is 35.5. The van der Waals surface area contributed by atoms with Gasteiger partial charge in [0.2, 0.25) is 4.77 Å². The average Bonchev–Trinajstić information content (AvgIpc) is 3.20. The number of hydrogen-bond acceptors (Lipinski definition) is 5. The first-order chi connectivity index (χ1) is 16.5.